The van der Waals surface area contributed by atoms with Crippen molar-refractivity contribution in [1.82, 2.24) is 10.7 Å². The molecule has 0 spiro atoms. The Morgan fingerprint density at radius 2 is 2.16 bits per heavy atom. The van der Waals surface area contributed by atoms with E-state index >= 15 is 0 Å². The molecule has 0 atom stereocenters. The fourth-order valence-corrected chi connectivity index (χ4v) is 1.42. The van der Waals surface area contributed by atoms with E-state index in [1.807, 2.05) is 0 Å². The van der Waals surface area contributed by atoms with E-state index in [0.717, 1.165) is 24.9 Å². The van der Waals surface area contributed by atoms with Crippen LogP contribution in [0.5, 0.6) is 0 Å². The van der Waals surface area contributed by atoms with Crippen LogP contribution in [0.15, 0.2) is 29.4 Å². The molecule has 0 aliphatic rings. The highest BCUT2D eigenvalue weighted by Gasteiger charge is 2.02. The number of hydrogen-bond acceptors (Lipinski definition) is 4. The number of thiocarbonyl (C=S) groups is 1. The number of non-ortho nitro benzene ring substituents is 1. The van der Waals surface area contributed by atoms with E-state index in [1.54, 1.807) is 18.3 Å². The number of nitrogens with one attached hydrogen (secondary N) is 2. The smallest absolute Gasteiger partial charge is 0.269 e. The highest BCUT2D eigenvalue weighted by atomic mass is 32.1. The van der Waals surface area contributed by atoms with Crippen LogP contribution in [-0.4, -0.2) is 22.8 Å². The maximum Gasteiger partial charge on any atom is 0.269 e. The van der Waals surface area contributed by atoms with Gasteiger partial charge in [0.05, 0.1) is 11.1 Å². The Balaban J connectivity index is 2.40. The first-order valence-corrected chi connectivity index (χ1v) is 6.35. The summed E-state index contributed by atoms with van der Waals surface area (Å²) in [5, 5.41) is 17.9. The molecule has 0 radical (unpaired) electrons. The van der Waals surface area contributed by atoms with Crippen LogP contribution in [0, 0.1) is 10.1 Å². The van der Waals surface area contributed by atoms with Gasteiger partial charge in [-0.15, -0.1) is 0 Å². The average Bonchev–Trinajstić information content (AvgIpc) is 2.39. The van der Waals surface area contributed by atoms with Crippen molar-refractivity contribution in [2.75, 3.05) is 6.54 Å². The number of hydrogen-bond donors (Lipinski definition) is 2. The molecule has 0 aliphatic carbocycles. The standard InChI is InChI=1S/C12H16N4O2S/c1-2-3-8-13-12(19)15-14-9-10-4-6-11(7-5-10)16(17)18/h4-7,9H,2-3,8H2,1H3,(H2,13,15,19)/b14-9-. The van der Waals surface area contributed by atoms with Gasteiger partial charge in [0.15, 0.2) is 5.11 Å². The van der Waals surface area contributed by atoms with Crippen molar-refractivity contribution in [3.63, 3.8) is 0 Å². The summed E-state index contributed by atoms with van der Waals surface area (Å²) in [6, 6.07) is 6.10. The van der Waals surface area contributed by atoms with Crippen molar-refractivity contribution >= 4 is 29.2 Å². The van der Waals surface area contributed by atoms with Crippen molar-refractivity contribution in [3.05, 3.63) is 39.9 Å². The SMILES string of the molecule is CCCCNC(=S)N/N=C\c1ccc([N+](=O)[O-])cc1. The Kier molecular flexibility index (Phi) is 6.45. The van der Waals surface area contributed by atoms with Gasteiger partial charge in [-0.05, 0) is 36.3 Å². The van der Waals surface area contributed by atoms with Gasteiger partial charge in [0.2, 0.25) is 0 Å². The zero-order valence-electron chi connectivity index (χ0n) is 10.6. The van der Waals surface area contributed by atoms with Crippen LogP contribution in [0.4, 0.5) is 5.69 Å². The predicted molar refractivity (Wildman–Crippen MR) is 79.3 cm³/mol. The quantitative estimate of drug-likeness (QED) is 0.274. The highest BCUT2D eigenvalue weighted by molar-refractivity contribution is 7.80. The summed E-state index contributed by atoms with van der Waals surface area (Å²) < 4.78 is 0. The largest absolute Gasteiger partial charge is 0.361 e. The molecule has 0 bridgehead atoms. The van der Waals surface area contributed by atoms with Crippen LogP contribution >= 0.6 is 12.2 Å². The normalized spacial score (nSPS) is 10.4. The van der Waals surface area contributed by atoms with Crippen molar-refractivity contribution in [1.29, 1.82) is 0 Å². The summed E-state index contributed by atoms with van der Waals surface area (Å²) >= 11 is 5.01. The number of rotatable bonds is 6. The fraction of sp³-hybridized carbons (Fsp3) is 0.333. The molecule has 102 valence electrons. The van der Waals surface area contributed by atoms with Crippen LogP contribution in [-0.2, 0) is 0 Å². The number of hydrazone groups is 1. The first kappa shape index (κ1) is 15.0. The van der Waals surface area contributed by atoms with E-state index in [9.17, 15) is 10.1 Å². The summed E-state index contributed by atoms with van der Waals surface area (Å²) in [5.41, 5.74) is 3.50. The molecule has 0 aliphatic heterocycles. The molecule has 0 unspecified atom stereocenters. The lowest BCUT2D eigenvalue weighted by atomic mass is 10.2. The Bertz CT molecular complexity index is 459. The molecule has 0 heterocycles. The van der Waals surface area contributed by atoms with Gasteiger partial charge >= 0.3 is 0 Å². The van der Waals surface area contributed by atoms with E-state index in [0.29, 0.717) is 5.11 Å². The van der Waals surface area contributed by atoms with Gasteiger partial charge in [0.25, 0.3) is 5.69 Å². The molecule has 0 fully saturated rings. The highest BCUT2D eigenvalue weighted by Crippen LogP contribution is 2.10. The first-order chi connectivity index (χ1) is 9.13. The number of nitrogens with zero attached hydrogens (tertiary/aromatic N) is 2. The topological polar surface area (TPSA) is 79.6 Å². The van der Waals surface area contributed by atoms with Gasteiger partial charge in [-0.2, -0.15) is 5.10 Å². The molecule has 7 heteroatoms. The summed E-state index contributed by atoms with van der Waals surface area (Å²) in [4.78, 5) is 10.0. The minimum absolute atomic E-state index is 0.0573. The molecule has 2 N–H and O–H groups in total. The van der Waals surface area contributed by atoms with Gasteiger partial charge in [-0.3, -0.25) is 15.5 Å². The van der Waals surface area contributed by atoms with E-state index in [-0.39, 0.29) is 5.69 Å². The zero-order valence-corrected chi connectivity index (χ0v) is 11.4. The van der Waals surface area contributed by atoms with Crippen LogP contribution in [0.1, 0.15) is 25.3 Å². The molecule has 0 aromatic heterocycles. The lowest BCUT2D eigenvalue weighted by molar-refractivity contribution is -0.384. The molecule has 0 amide bonds. The summed E-state index contributed by atoms with van der Waals surface area (Å²) in [5.74, 6) is 0. The maximum atomic E-state index is 10.5. The molecule has 1 aromatic rings. The van der Waals surface area contributed by atoms with Gasteiger partial charge in [-0.25, -0.2) is 0 Å². The summed E-state index contributed by atoms with van der Waals surface area (Å²) in [6.07, 6.45) is 3.70. The minimum atomic E-state index is -0.439. The third kappa shape index (κ3) is 5.91. The van der Waals surface area contributed by atoms with E-state index in [2.05, 4.69) is 22.8 Å². The second-order valence-electron chi connectivity index (χ2n) is 3.83. The van der Waals surface area contributed by atoms with Crippen LogP contribution < -0.4 is 10.7 Å². The van der Waals surface area contributed by atoms with Crippen molar-refractivity contribution < 1.29 is 4.92 Å². The van der Waals surface area contributed by atoms with E-state index < -0.39 is 4.92 Å². The van der Waals surface area contributed by atoms with E-state index in [1.165, 1.54) is 12.1 Å². The third-order valence-electron chi connectivity index (χ3n) is 2.30. The molecule has 0 saturated heterocycles. The number of nitro groups is 1. The van der Waals surface area contributed by atoms with Gasteiger partial charge in [0, 0.05) is 18.7 Å². The van der Waals surface area contributed by atoms with Crippen molar-refractivity contribution in [3.8, 4) is 0 Å². The molecular formula is C12H16N4O2S. The molecule has 1 aromatic carbocycles. The fourth-order valence-electron chi connectivity index (χ4n) is 1.27. The Morgan fingerprint density at radius 1 is 1.47 bits per heavy atom. The van der Waals surface area contributed by atoms with Crippen molar-refractivity contribution in [2.45, 2.75) is 19.8 Å². The van der Waals surface area contributed by atoms with E-state index in [4.69, 9.17) is 12.2 Å². The average molecular weight is 280 g/mol. The summed E-state index contributed by atoms with van der Waals surface area (Å²) in [7, 11) is 0. The zero-order chi connectivity index (χ0) is 14.1. The first-order valence-electron chi connectivity index (χ1n) is 5.95. The van der Waals surface area contributed by atoms with Crippen LogP contribution in [0.2, 0.25) is 0 Å². The lowest BCUT2D eigenvalue weighted by Crippen LogP contribution is -2.32. The molecule has 0 saturated carbocycles. The van der Waals surface area contributed by atoms with Gasteiger partial charge in [-0.1, -0.05) is 13.3 Å². The lowest BCUT2D eigenvalue weighted by Gasteiger charge is -2.05. The number of benzene rings is 1. The third-order valence-corrected chi connectivity index (χ3v) is 2.54. The van der Waals surface area contributed by atoms with Gasteiger partial charge in [0.1, 0.15) is 0 Å². The Hall–Kier alpha value is -2.02. The second kappa shape index (κ2) is 8.15. The summed E-state index contributed by atoms with van der Waals surface area (Å²) in [6.45, 7) is 2.92. The molecule has 1 rings (SSSR count). The monoisotopic (exact) mass is 280 g/mol. The molecular weight excluding hydrogens is 264 g/mol. The predicted octanol–water partition coefficient (Wildman–Crippen LogP) is 2.19. The Labute approximate surface area is 117 Å². The van der Waals surface area contributed by atoms with Crippen LogP contribution in [0.25, 0.3) is 0 Å². The molecule has 6 nitrogen and oxygen atoms in total. The Morgan fingerprint density at radius 3 is 2.74 bits per heavy atom. The van der Waals surface area contributed by atoms with Crippen molar-refractivity contribution in [2.24, 2.45) is 5.10 Å². The number of unbranched alkanes of at least 4 members (excludes halogenated alkanes) is 1. The van der Waals surface area contributed by atoms with Gasteiger partial charge < -0.3 is 5.32 Å². The number of nitro benzene ring substituents is 1. The maximum absolute atomic E-state index is 10.5. The second-order valence-corrected chi connectivity index (χ2v) is 4.24. The minimum Gasteiger partial charge on any atom is -0.361 e. The van der Waals surface area contributed by atoms with Crippen LogP contribution in [0.3, 0.4) is 0 Å². The molecule has 19 heavy (non-hydrogen) atoms.